The third-order valence-corrected chi connectivity index (χ3v) is 5.01. The molecule has 0 aromatic heterocycles. The van der Waals surface area contributed by atoms with E-state index in [0.717, 1.165) is 10.8 Å². The van der Waals surface area contributed by atoms with Crippen molar-refractivity contribution in [3.63, 3.8) is 0 Å². The maximum atomic E-state index is 12.7. The molecule has 0 aliphatic carbocycles. The van der Waals surface area contributed by atoms with Crippen LogP contribution in [-0.4, -0.2) is 19.0 Å². The maximum absolute atomic E-state index is 12.7. The van der Waals surface area contributed by atoms with Gasteiger partial charge < -0.3 is 14.8 Å². The van der Waals surface area contributed by atoms with Gasteiger partial charge in [-0.05, 0) is 57.8 Å². The lowest BCUT2D eigenvalue weighted by molar-refractivity contribution is -0.132. The molecule has 30 heavy (non-hydrogen) atoms. The Morgan fingerprint density at radius 2 is 1.87 bits per heavy atom. The van der Waals surface area contributed by atoms with E-state index in [4.69, 9.17) is 9.47 Å². The Hall–Kier alpha value is -3.38. The minimum atomic E-state index is -0.521. The van der Waals surface area contributed by atoms with Gasteiger partial charge in [0.1, 0.15) is 11.6 Å². The first-order valence-electron chi connectivity index (χ1n) is 8.89. The monoisotopic (exact) mass is 512 g/mol. The van der Waals surface area contributed by atoms with E-state index in [1.165, 1.54) is 20.1 Å². The number of esters is 1. The Bertz CT molecular complexity index is 1210. The van der Waals surface area contributed by atoms with Gasteiger partial charge >= 0.3 is 5.97 Å². The molecule has 6 nitrogen and oxygen atoms in total. The number of fused-ring (bicyclic) bond motifs is 1. The van der Waals surface area contributed by atoms with Gasteiger partial charge in [0.15, 0.2) is 11.5 Å². The van der Waals surface area contributed by atoms with Gasteiger partial charge in [0.25, 0.3) is 5.91 Å². The number of methoxy groups -OCH3 is 1. The van der Waals surface area contributed by atoms with Gasteiger partial charge in [0.2, 0.25) is 0 Å². The molecule has 3 rings (SSSR count). The van der Waals surface area contributed by atoms with Crippen LogP contribution in [0.2, 0.25) is 0 Å². The quantitative estimate of drug-likeness (QED) is 0.172. The number of benzene rings is 3. The highest BCUT2D eigenvalue weighted by Crippen LogP contribution is 2.35. The fourth-order valence-corrected chi connectivity index (χ4v) is 3.64. The van der Waals surface area contributed by atoms with Gasteiger partial charge in [-0.1, -0.05) is 36.4 Å². The van der Waals surface area contributed by atoms with Crippen molar-refractivity contribution in [3.05, 3.63) is 69.3 Å². The van der Waals surface area contributed by atoms with Crippen LogP contribution in [0.15, 0.2) is 60.2 Å². The topological polar surface area (TPSA) is 88.4 Å². The largest absolute Gasteiger partial charge is 0.493 e. The fraction of sp³-hybridized carbons (Fsp3) is 0.0870. The molecule has 0 bridgehead atoms. The standard InChI is InChI=1S/C23H17IN2O4/c1-14(27)30-22-19(24)11-15(12-21(22)29-2)10-17(13-25)23(28)26-20-9-5-7-16-6-3-4-8-18(16)20/h3-12H,1-2H3,(H,26,28)/b17-10+. The van der Waals surface area contributed by atoms with Gasteiger partial charge in [-0.3, -0.25) is 9.59 Å². The van der Waals surface area contributed by atoms with Gasteiger partial charge in [-0.15, -0.1) is 0 Å². The summed E-state index contributed by atoms with van der Waals surface area (Å²) < 4.78 is 11.1. The predicted molar refractivity (Wildman–Crippen MR) is 123 cm³/mol. The van der Waals surface area contributed by atoms with Crippen molar-refractivity contribution in [1.29, 1.82) is 5.26 Å². The first-order valence-corrected chi connectivity index (χ1v) is 9.97. The Morgan fingerprint density at radius 3 is 2.57 bits per heavy atom. The molecule has 150 valence electrons. The van der Waals surface area contributed by atoms with Crippen molar-refractivity contribution in [1.82, 2.24) is 0 Å². The first kappa shape index (κ1) is 21.3. The van der Waals surface area contributed by atoms with E-state index in [9.17, 15) is 14.9 Å². The number of ether oxygens (including phenoxy) is 2. The van der Waals surface area contributed by atoms with Crippen LogP contribution in [-0.2, 0) is 9.59 Å². The summed E-state index contributed by atoms with van der Waals surface area (Å²) in [5.41, 5.74) is 1.12. The number of nitriles is 1. The van der Waals surface area contributed by atoms with Crippen molar-refractivity contribution >= 4 is 57.0 Å². The molecule has 0 saturated carbocycles. The van der Waals surface area contributed by atoms with Crippen molar-refractivity contribution in [2.24, 2.45) is 0 Å². The highest BCUT2D eigenvalue weighted by atomic mass is 127. The highest BCUT2D eigenvalue weighted by Gasteiger charge is 2.15. The Morgan fingerprint density at radius 1 is 1.13 bits per heavy atom. The predicted octanol–water partition coefficient (Wildman–Crippen LogP) is 4.92. The van der Waals surface area contributed by atoms with Crippen LogP contribution in [0.5, 0.6) is 11.5 Å². The number of rotatable bonds is 5. The number of anilines is 1. The number of carbonyl (C=O) groups is 2. The second kappa shape index (κ2) is 9.41. The summed E-state index contributed by atoms with van der Waals surface area (Å²) in [4.78, 5) is 24.0. The van der Waals surface area contributed by atoms with Crippen molar-refractivity contribution in [3.8, 4) is 17.6 Å². The third-order valence-electron chi connectivity index (χ3n) is 4.21. The first-order chi connectivity index (χ1) is 14.4. The van der Waals surface area contributed by atoms with Crippen molar-refractivity contribution in [2.45, 2.75) is 6.92 Å². The molecule has 0 aliphatic rings. The van der Waals surface area contributed by atoms with E-state index in [-0.39, 0.29) is 5.57 Å². The van der Waals surface area contributed by atoms with Crippen LogP contribution >= 0.6 is 22.6 Å². The molecule has 7 heteroatoms. The molecule has 1 N–H and O–H groups in total. The molecule has 0 saturated heterocycles. The van der Waals surface area contributed by atoms with Gasteiger partial charge in [-0.2, -0.15) is 5.26 Å². The molecule has 3 aromatic rings. The zero-order valence-corrected chi connectivity index (χ0v) is 18.4. The molecule has 0 fully saturated rings. The normalized spacial score (nSPS) is 10.9. The molecule has 0 aliphatic heterocycles. The van der Waals surface area contributed by atoms with Crippen LogP contribution in [0, 0.1) is 14.9 Å². The number of hydrogen-bond acceptors (Lipinski definition) is 5. The van der Waals surface area contributed by atoms with Crippen molar-refractivity contribution < 1.29 is 19.1 Å². The van der Waals surface area contributed by atoms with E-state index in [2.05, 4.69) is 5.32 Å². The average Bonchev–Trinajstić information content (AvgIpc) is 2.73. The highest BCUT2D eigenvalue weighted by molar-refractivity contribution is 14.1. The molecular weight excluding hydrogens is 495 g/mol. The molecule has 0 radical (unpaired) electrons. The third kappa shape index (κ3) is 4.78. The van der Waals surface area contributed by atoms with Crippen LogP contribution < -0.4 is 14.8 Å². The zero-order valence-electron chi connectivity index (χ0n) is 16.2. The Labute approximate surface area is 187 Å². The summed E-state index contributed by atoms with van der Waals surface area (Å²) in [5, 5.41) is 14.2. The Balaban J connectivity index is 1.93. The molecule has 3 aromatic carbocycles. The Kier molecular flexibility index (Phi) is 6.69. The maximum Gasteiger partial charge on any atom is 0.308 e. The lowest BCUT2D eigenvalue weighted by Gasteiger charge is -2.11. The molecular formula is C23H17IN2O4. The van der Waals surface area contributed by atoms with Crippen LogP contribution in [0.1, 0.15) is 12.5 Å². The van der Waals surface area contributed by atoms with E-state index in [1.54, 1.807) is 18.2 Å². The number of carbonyl (C=O) groups excluding carboxylic acids is 2. The molecule has 0 heterocycles. The molecule has 0 spiro atoms. The lowest BCUT2D eigenvalue weighted by atomic mass is 10.1. The van der Waals surface area contributed by atoms with Gasteiger partial charge in [0, 0.05) is 18.0 Å². The minimum absolute atomic E-state index is 0.0685. The van der Waals surface area contributed by atoms with Gasteiger partial charge in [0.05, 0.1) is 10.7 Å². The summed E-state index contributed by atoms with van der Waals surface area (Å²) in [6.45, 7) is 1.30. The number of nitrogens with zero attached hydrogens (tertiary/aromatic N) is 1. The summed E-state index contributed by atoms with van der Waals surface area (Å²) in [5.74, 6) is -0.370. The van der Waals surface area contributed by atoms with E-state index in [1.807, 2.05) is 65.1 Å². The minimum Gasteiger partial charge on any atom is -0.493 e. The SMILES string of the molecule is COc1cc(/C=C(\C#N)C(=O)Nc2cccc3ccccc23)cc(I)c1OC(C)=O. The molecule has 0 unspecified atom stereocenters. The van der Waals surface area contributed by atoms with Crippen LogP contribution in [0.25, 0.3) is 16.8 Å². The molecule has 1 amide bonds. The zero-order chi connectivity index (χ0) is 21.7. The van der Waals surface area contributed by atoms with Crippen molar-refractivity contribution in [2.75, 3.05) is 12.4 Å². The van der Waals surface area contributed by atoms with E-state index < -0.39 is 11.9 Å². The summed E-state index contributed by atoms with van der Waals surface area (Å²) in [7, 11) is 1.45. The fourth-order valence-electron chi connectivity index (χ4n) is 2.91. The number of amides is 1. The van der Waals surface area contributed by atoms with E-state index >= 15 is 0 Å². The average molecular weight is 512 g/mol. The summed E-state index contributed by atoms with van der Waals surface area (Å²) >= 11 is 2.00. The summed E-state index contributed by atoms with van der Waals surface area (Å²) in [6.07, 6.45) is 1.46. The number of nitrogens with one attached hydrogen (secondary N) is 1. The second-order valence-electron chi connectivity index (χ2n) is 6.28. The summed E-state index contributed by atoms with van der Waals surface area (Å²) in [6, 6.07) is 18.5. The lowest BCUT2D eigenvalue weighted by Crippen LogP contribution is -2.13. The number of halogens is 1. The number of hydrogen-bond donors (Lipinski definition) is 1. The van der Waals surface area contributed by atoms with Gasteiger partial charge in [-0.25, -0.2) is 0 Å². The van der Waals surface area contributed by atoms with E-state index in [0.29, 0.717) is 26.3 Å². The van der Waals surface area contributed by atoms with Crippen LogP contribution in [0.3, 0.4) is 0 Å². The second-order valence-corrected chi connectivity index (χ2v) is 7.44. The van der Waals surface area contributed by atoms with Crippen LogP contribution in [0.4, 0.5) is 5.69 Å². The molecule has 0 atom stereocenters. The smallest absolute Gasteiger partial charge is 0.308 e.